The van der Waals surface area contributed by atoms with Crippen LogP contribution in [-0.2, 0) is 11.4 Å². The quantitative estimate of drug-likeness (QED) is 0.493. The zero-order valence-electron chi connectivity index (χ0n) is 16.3. The standard InChI is InChI=1S/C23H20N2O3S2/c1-2-27-18-12-16(8-9-17(18)28-14-15-6-4-3-5-7-15)13-19-21(26)20(22(24)30-19)23-25-10-11-29-23/h3-13,20,24H,2,14H2,1H3/b19-13-,24-22?/t20-/m1/s1. The number of aromatic nitrogens is 1. The van der Waals surface area contributed by atoms with Crippen LogP contribution in [0, 0.1) is 5.41 Å². The number of hydrogen-bond acceptors (Lipinski definition) is 7. The molecule has 3 aromatic rings. The van der Waals surface area contributed by atoms with Crippen LogP contribution in [0.25, 0.3) is 6.08 Å². The summed E-state index contributed by atoms with van der Waals surface area (Å²) in [6.45, 7) is 2.87. The first-order valence-electron chi connectivity index (χ1n) is 9.51. The topological polar surface area (TPSA) is 72.3 Å². The van der Waals surface area contributed by atoms with Gasteiger partial charge in [0.15, 0.2) is 17.3 Å². The number of nitrogens with one attached hydrogen (secondary N) is 1. The van der Waals surface area contributed by atoms with Crippen LogP contribution >= 0.6 is 23.1 Å². The minimum atomic E-state index is -0.582. The van der Waals surface area contributed by atoms with E-state index in [1.54, 1.807) is 12.3 Å². The number of rotatable bonds is 7. The summed E-state index contributed by atoms with van der Waals surface area (Å²) in [5.74, 6) is 0.620. The Morgan fingerprint density at radius 2 is 1.97 bits per heavy atom. The van der Waals surface area contributed by atoms with Gasteiger partial charge in [-0.15, -0.1) is 11.3 Å². The molecule has 1 atom stereocenters. The van der Waals surface area contributed by atoms with E-state index in [2.05, 4.69) is 4.98 Å². The average Bonchev–Trinajstić information content (AvgIpc) is 3.36. The Morgan fingerprint density at radius 1 is 1.13 bits per heavy atom. The number of thiazole rings is 1. The van der Waals surface area contributed by atoms with E-state index in [1.165, 1.54) is 23.1 Å². The highest BCUT2D eigenvalue weighted by Gasteiger charge is 2.38. The van der Waals surface area contributed by atoms with Crippen LogP contribution < -0.4 is 9.47 Å². The Bertz CT molecular complexity index is 1080. The first-order chi connectivity index (χ1) is 14.7. The number of benzene rings is 2. The second kappa shape index (κ2) is 9.28. The lowest BCUT2D eigenvalue weighted by Crippen LogP contribution is -2.11. The van der Waals surface area contributed by atoms with E-state index in [9.17, 15) is 4.79 Å². The van der Waals surface area contributed by atoms with E-state index < -0.39 is 5.92 Å². The molecule has 0 saturated carbocycles. The molecule has 0 radical (unpaired) electrons. The lowest BCUT2D eigenvalue weighted by atomic mass is 10.0. The van der Waals surface area contributed by atoms with E-state index in [1.807, 2.05) is 60.8 Å². The number of nitrogens with zero attached hydrogens (tertiary/aromatic N) is 1. The summed E-state index contributed by atoms with van der Waals surface area (Å²) in [4.78, 5) is 17.6. The monoisotopic (exact) mass is 436 g/mol. The lowest BCUT2D eigenvalue weighted by Gasteiger charge is -2.13. The summed E-state index contributed by atoms with van der Waals surface area (Å²) in [5, 5.41) is 11.0. The highest BCUT2D eigenvalue weighted by molar-refractivity contribution is 8.19. The van der Waals surface area contributed by atoms with E-state index >= 15 is 0 Å². The molecule has 0 amide bonds. The largest absolute Gasteiger partial charge is 0.490 e. The summed E-state index contributed by atoms with van der Waals surface area (Å²) in [5.41, 5.74) is 1.90. The van der Waals surface area contributed by atoms with E-state index in [0.29, 0.717) is 39.7 Å². The molecule has 0 unspecified atom stereocenters. The van der Waals surface area contributed by atoms with E-state index in [0.717, 1.165) is 11.1 Å². The predicted octanol–water partition coefficient (Wildman–Crippen LogP) is 5.54. The van der Waals surface area contributed by atoms with Crippen molar-refractivity contribution in [2.24, 2.45) is 0 Å². The Morgan fingerprint density at radius 3 is 2.70 bits per heavy atom. The fourth-order valence-corrected chi connectivity index (χ4v) is 4.88. The molecule has 7 heteroatoms. The van der Waals surface area contributed by atoms with Gasteiger partial charge in [-0.2, -0.15) is 0 Å². The molecule has 1 aliphatic heterocycles. The molecule has 1 saturated heterocycles. The van der Waals surface area contributed by atoms with Gasteiger partial charge in [-0.05, 0) is 36.3 Å². The van der Waals surface area contributed by atoms with Crippen molar-refractivity contribution in [3.63, 3.8) is 0 Å². The van der Waals surface area contributed by atoms with Gasteiger partial charge in [-0.25, -0.2) is 4.98 Å². The summed E-state index contributed by atoms with van der Waals surface area (Å²) < 4.78 is 11.7. The van der Waals surface area contributed by atoms with Crippen LogP contribution in [0.4, 0.5) is 0 Å². The van der Waals surface area contributed by atoms with Gasteiger partial charge in [0.2, 0.25) is 0 Å². The fourth-order valence-electron chi connectivity index (χ4n) is 3.08. The SMILES string of the molecule is CCOc1cc(/C=C2\SC(=N)[C@H](c3nccs3)C2=O)ccc1OCc1ccccc1. The second-order valence-corrected chi connectivity index (χ2v) is 8.57. The maximum absolute atomic E-state index is 12.8. The number of allylic oxidation sites excluding steroid dienone is 1. The third-order valence-electron chi connectivity index (χ3n) is 4.49. The summed E-state index contributed by atoms with van der Waals surface area (Å²) in [6.07, 6.45) is 3.47. The lowest BCUT2D eigenvalue weighted by molar-refractivity contribution is -0.114. The number of Topliss-reactive ketones (excluding diaryl/α,β-unsaturated/α-hetero) is 1. The van der Waals surface area contributed by atoms with E-state index in [-0.39, 0.29) is 5.78 Å². The minimum absolute atomic E-state index is 0.0812. The molecular weight excluding hydrogens is 416 g/mol. The van der Waals surface area contributed by atoms with Crippen LogP contribution in [0.1, 0.15) is 29.0 Å². The van der Waals surface area contributed by atoms with Gasteiger partial charge in [-0.1, -0.05) is 48.2 Å². The molecule has 1 aromatic heterocycles. The van der Waals surface area contributed by atoms with Crippen molar-refractivity contribution >= 4 is 40.0 Å². The Labute approximate surface area is 183 Å². The highest BCUT2D eigenvalue weighted by atomic mass is 32.2. The average molecular weight is 437 g/mol. The number of ketones is 1. The number of carbonyl (C=O) groups excluding carboxylic acids is 1. The number of hydrogen-bond donors (Lipinski definition) is 1. The van der Waals surface area contributed by atoms with E-state index in [4.69, 9.17) is 14.9 Å². The molecule has 30 heavy (non-hydrogen) atoms. The van der Waals surface area contributed by atoms with Gasteiger partial charge in [0.05, 0.1) is 16.6 Å². The number of ether oxygens (including phenoxy) is 2. The zero-order chi connectivity index (χ0) is 20.9. The highest BCUT2D eigenvalue weighted by Crippen LogP contribution is 2.41. The molecule has 1 aliphatic rings. The third kappa shape index (κ3) is 4.47. The predicted molar refractivity (Wildman–Crippen MR) is 122 cm³/mol. The van der Waals surface area contributed by atoms with Gasteiger partial charge in [0.1, 0.15) is 17.5 Å². The van der Waals surface area contributed by atoms with Crippen molar-refractivity contribution in [2.75, 3.05) is 6.61 Å². The van der Waals surface area contributed by atoms with Crippen LogP contribution in [0.5, 0.6) is 11.5 Å². The number of thioether (sulfide) groups is 1. The van der Waals surface area contributed by atoms with Crippen LogP contribution in [0.3, 0.4) is 0 Å². The van der Waals surface area contributed by atoms with Gasteiger partial charge in [0, 0.05) is 11.6 Å². The van der Waals surface area contributed by atoms with Gasteiger partial charge in [0.25, 0.3) is 0 Å². The maximum atomic E-state index is 12.8. The van der Waals surface area contributed by atoms with Crippen molar-refractivity contribution in [3.05, 3.63) is 81.1 Å². The van der Waals surface area contributed by atoms with Gasteiger partial charge >= 0.3 is 0 Å². The van der Waals surface area contributed by atoms with Crippen molar-refractivity contribution in [2.45, 2.75) is 19.4 Å². The van der Waals surface area contributed by atoms with Crippen LogP contribution in [-0.4, -0.2) is 22.4 Å². The second-order valence-electron chi connectivity index (χ2n) is 6.56. The summed E-state index contributed by atoms with van der Waals surface area (Å²) in [7, 11) is 0. The van der Waals surface area contributed by atoms with Crippen LogP contribution in [0.15, 0.2) is 65.0 Å². The minimum Gasteiger partial charge on any atom is -0.490 e. The third-order valence-corrected chi connectivity index (χ3v) is 6.32. The molecule has 0 aliphatic carbocycles. The molecule has 2 aromatic carbocycles. The molecule has 1 N–H and O–H groups in total. The van der Waals surface area contributed by atoms with Gasteiger partial charge in [-0.3, -0.25) is 10.2 Å². The maximum Gasteiger partial charge on any atom is 0.186 e. The molecular formula is C23H20N2O3S2. The summed E-state index contributed by atoms with van der Waals surface area (Å²) >= 11 is 2.60. The van der Waals surface area contributed by atoms with Crippen molar-refractivity contribution in [3.8, 4) is 11.5 Å². The van der Waals surface area contributed by atoms with Crippen LogP contribution in [0.2, 0.25) is 0 Å². The molecule has 0 bridgehead atoms. The molecule has 5 nitrogen and oxygen atoms in total. The summed E-state index contributed by atoms with van der Waals surface area (Å²) in [6, 6.07) is 15.6. The zero-order valence-corrected chi connectivity index (χ0v) is 18.0. The molecule has 0 spiro atoms. The Kier molecular flexibility index (Phi) is 6.30. The van der Waals surface area contributed by atoms with Gasteiger partial charge < -0.3 is 9.47 Å². The van der Waals surface area contributed by atoms with Crippen molar-refractivity contribution < 1.29 is 14.3 Å². The first kappa shape index (κ1) is 20.4. The number of carbonyl (C=O) groups is 1. The van der Waals surface area contributed by atoms with Crippen molar-refractivity contribution in [1.82, 2.24) is 4.98 Å². The molecule has 1 fully saturated rings. The molecule has 4 rings (SSSR count). The smallest absolute Gasteiger partial charge is 0.186 e. The first-order valence-corrected chi connectivity index (χ1v) is 11.2. The molecule has 2 heterocycles. The fraction of sp³-hybridized carbons (Fsp3) is 0.174. The Balaban J connectivity index is 1.55. The normalized spacial score (nSPS) is 17.5. The Hall–Kier alpha value is -2.90. The van der Waals surface area contributed by atoms with Crippen molar-refractivity contribution in [1.29, 1.82) is 5.41 Å². The molecule has 152 valence electrons.